The van der Waals surface area contributed by atoms with Gasteiger partial charge in [-0.15, -0.1) is 0 Å². The molecule has 1 atom stereocenters. The molecular weight excluding hydrogens is 363 g/mol. The number of rotatable bonds is 3. The lowest BCUT2D eigenvalue weighted by molar-refractivity contribution is -0.137. The van der Waals surface area contributed by atoms with Crippen molar-refractivity contribution in [3.05, 3.63) is 29.8 Å². The van der Waals surface area contributed by atoms with E-state index in [1.54, 1.807) is 0 Å². The highest BCUT2D eigenvalue weighted by Crippen LogP contribution is 2.30. The number of benzene rings is 1. The second-order valence-corrected chi connectivity index (χ2v) is 6.58. The maximum absolute atomic E-state index is 12.7. The Morgan fingerprint density at radius 2 is 2.00 bits per heavy atom. The second kappa shape index (κ2) is 7.55. The van der Waals surface area contributed by atoms with Crippen LogP contribution >= 0.6 is 0 Å². The maximum Gasteiger partial charge on any atom is 0.416 e. The highest BCUT2D eigenvalue weighted by Gasteiger charge is 2.33. The fourth-order valence-corrected chi connectivity index (χ4v) is 2.91. The van der Waals surface area contributed by atoms with Gasteiger partial charge < -0.3 is 15.1 Å². The van der Waals surface area contributed by atoms with E-state index in [1.165, 1.54) is 12.1 Å². The number of carbonyl (C=O) groups is 2. The van der Waals surface area contributed by atoms with E-state index >= 15 is 0 Å². The van der Waals surface area contributed by atoms with Crippen molar-refractivity contribution in [2.24, 2.45) is 4.99 Å². The van der Waals surface area contributed by atoms with E-state index < -0.39 is 23.7 Å². The molecule has 0 saturated carbocycles. The summed E-state index contributed by atoms with van der Waals surface area (Å²) in [6, 6.07) is 3.47. The number of nitrogens with zero attached hydrogens (tertiary/aromatic N) is 3. The van der Waals surface area contributed by atoms with Crippen molar-refractivity contribution in [1.29, 1.82) is 0 Å². The summed E-state index contributed by atoms with van der Waals surface area (Å²) >= 11 is 0. The number of hydrogen-bond acceptors (Lipinski definition) is 5. The third-order valence-corrected chi connectivity index (χ3v) is 4.47. The molecule has 0 aliphatic carbocycles. The number of anilines is 1. The first-order valence-corrected chi connectivity index (χ1v) is 8.51. The number of aliphatic imine (C=N–C) groups is 1. The molecule has 2 N–H and O–H groups in total. The molecular formula is C17H20F3N5O2. The lowest BCUT2D eigenvalue weighted by atomic mass is 10.1. The Bertz CT molecular complexity index is 757. The third kappa shape index (κ3) is 4.76. The highest BCUT2D eigenvalue weighted by atomic mass is 19.4. The molecule has 0 aromatic heterocycles. The van der Waals surface area contributed by atoms with Crippen LogP contribution in [0, 0.1) is 0 Å². The molecule has 0 unspecified atom stereocenters. The standard InChI is InChI=1S/C17H20F3N5O2/c1-24-5-7-25(8-6-24)16-22-13(15(27)23-16)10-14(26)21-12-4-2-3-11(9-12)17(18,19)20/h2-4,9,13H,5-8,10H2,1H3,(H,21,26)(H,22,23,27)/t13-/m1/s1. The number of piperazine rings is 1. The molecule has 27 heavy (non-hydrogen) atoms. The second-order valence-electron chi connectivity index (χ2n) is 6.58. The molecule has 146 valence electrons. The van der Waals surface area contributed by atoms with Crippen molar-refractivity contribution in [2.75, 3.05) is 38.5 Å². The van der Waals surface area contributed by atoms with E-state index in [4.69, 9.17) is 0 Å². The Labute approximate surface area is 154 Å². The molecule has 0 spiro atoms. The number of hydrogen-bond donors (Lipinski definition) is 2. The molecule has 2 amide bonds. The monoisotopic (exact) mass is 383 g/mol. The largest absolute Gasteiger partial charge is 0.416 e. The van der Waals surface area contributed by atoms with Crippen LogP contribution in [-0.4, -0.2) is 66.8 Å². The van der Waals surface area contributed by atoms with Gasteiger partial charge in [0.1, 0.15) is 6.04 Å². The molecule has 0 bridgehead atoms. The van der Waals surface area contributed by atoms with Gasteiger partial charge >= 0.3 is 6.18 Å². The van der Waals surface area contributed by atoms with Crippen LogP contribution in [0.5, 0.6) is 0 Å². The van der Waals surface area contributed by atoms with Crippen LogP contribution in [0.4, 0.5) is 18.9 Å². The number of carbonyl (C=O) groups excluding carboxylic acids is 2. The van der Waals surface area contributed by atoms with Gasteiger partial charge in [-0.25, -0.2) is 4.99 Å². The van der Waals surface area contributed by atoms with Crippen LogP contribution in [-0.2, 0) is 15.8 Å². The van der Waals surface area contributed by atoms with Gasteiger partial charge in [-0.05, 0) is 25.2 Å². The molecule has 1 aromatic carbocycles. The van der Waals surface area contributed by atoms with Crippen molar-refractivity contribution >= 4 is 23.5 Å². The Morgan fingerprint density at radius 3 is 2.67 bits per heavy atom. The lowest BCUT2D eigenvalue weighted by Gasteiger charge is -2.33. The van der Waals surface area contributed by atoms with Crippen LogP contribution in [0.3, 0.4) is 0 Å². The van der Waals surface area contributed by atoms with Crippen LogP contribution in [0.15, 0.2) is 29.3 Å². The molecule has 0 radical (unpaired) electrons. The smallest absolute Gasteiger partial charge is 0.340 e. The Balaban J connectivity index is 1.60. The Morgan fingerprint density at radius 1 is 1.30 bits per heavy atom. The average molecular weight is 383 g/mol. The zero-order valence-electron chi connectivity index (χ0n) is 14.7. The maximum atomic E-state index is 12.7. The molecule has 10 heteroatoms. The Kier molecular flexibility index (Phi) is 5.36. The van der Waals surface area contributed by atoms with Gasteiger partial charge in [0, 0.05) is 31.9 Å². The van der Waals surface area contributed by atoms with E-state index in [-0.39, 0.29) is 18.0 Å². The molecule has 3 rings (SSSR count). The van der Waals surface area contributed by atoms with Gasteiger partial charge in [0.15, 0.2) is 0 Å². The van der Waals surface area contributed by atoms with Gasteiger partial charge in [0.25, 0.3) is 5.91 Å². The quantitative estimate of drug-likeness (QED) is 0.821. The Hall–Kier alpha value is -2.62. The molecule has 2 heterocycles. The summed E-state index contributed by atoms with van der Waals surface area (Å²) in [4.78, 5) is 32.6. The minimum absolute atomic E-state index is 0.0245. The lowest BCUT2D eigenvalue weighted by Crippen LogP contribution is -2.50. The van der Waals surface area contributed by atoms with E-state index in [0.29, 0.717) is 5.96 Å². The number of amides is 2. The number of guanidine groups is 1. The minimum atomic E-state index is -4.49. The van der Waals surface area contributed by atoms with Gasteiger partial charge in [-0.2, -0.15) is 13.2 Å². The molecule has 2 aliphatic rings. The summed E-state index contributed by atoms with van der Waals surface area (Å²) in [6.07, 6.45) is -4.73. The van der Waals surface area contributed by atoms with Crippen molar-refractivity contribution < 1.29 is 22.8 Å². The number of likely N-dealkylation sites (N-methyl/N-ethyl adjacent to an activating group) is 1. The fraction of sp³-hybridized carbons (Fsp3) is 0.471. The predicted molar refractivity (Wildman–Crippen MR) is 93.1 cm³/mol. The van der Waals surface area contributed by atoms with Crippen LogP contribution in [0.1, 0.15) is 12.0 Å². The summed E-state index contributed by atoms with van der Waals surface area (Å²) in [5.74, 6) is -0.508. The summed E-state index contributed by atoms with van der Waals surface area (Å²) < 4.78 is 38.2. The van der Waals surface area contributed by atoms with Gasteiger partial charge in [0.05, 0.1) is 12.0 Å². The first-order chi connectivity index (χ1) is 12.7. The predicted octanol–water partition coefficient (Wildman–Crippen LogP) is 1.14. The minimum Gasteiger partial charge on any atom is -0.340 e. The third-order valence-electron chi connectivity index (χ3n) is 4.47. The van der Waals surface area contributed by atoms with E-state index in [9.17, 15) is 22.8 Å². The summed E-state index contributed by atoms with van der Waals surface area (Å²) in [6.45, 7) is 3.13. The van der Waals surface area contributed by atoms with E-state index in [0.717, 1.165) is 38.3 Å². The van der Waals surface area contributed by atoms with Crippen LogP contribution in [0.2, 0.25) is 0 Å². The molecule has 1 fully saturated rings. The van der Waals surface area contributed by atoms with Crippen molar-refractivity contribution in [3.63, 3.8) is 0 Å². The summed E-state index contributed by atoms with van der Waals surface area (Å²) in [5.41, 5.74) is -0.828. The normalized spacial score (nSPS) is 21.0. The van der Waals surface area contributed by atoms with Crippen molar-refractivity contribution in [3.8, 4) is 0 Å². The zero-order valence-corrected chi connectivity index (χ0v) is 14.7. The first-order valence-electron chi connectivity index (χ1n) is 8.51. The van der Waals surface area contributed by atoms with Gasteiger partial charge in [0.2, 0.25) is 11.9 Å². The van der Waals surface area contributed by atoms with Crippen LogP contribution < -0.4 is 10.6 Å². The number of nitrogens with one attached hydrogen (secondary N) is 2. The van der Waals surface area contributed by atoms with Gasteiger partial charge in [-0.3, -0.25) is 14.9 Å². The first kappa shape index (κ1) is 19.2. The molecule has 1 aromatic rings. The number of halogens is 3. The van der Waals surface area contributed by atoms with Crippen molar-refractivity contribution in [1.82, 2.24) is 15.1 Å². The highest BCUT2D eigenvalue weighted by molar-refractivity contribution is 6.07. The summed E-state index contributed by atoms with van der Waals surface area (Å²) in [7, 11) is 2.01. The summed E-state index contributed by atoms with van der Waals surface area (Å²) in [5, 5.41) is 5.07. The number of alkyl halides is 3. The van der Waals surface area contributed by atoms with Crippen LogP contribution in [0.25, 0.3) is 0 Å². The van der Waals surface area contributed by atoms with Gasteiger partial charge in [-0.1, -0.05) is 6.07 Å². The fourth-order valence-electron chi connectivity index (χ4n) is 2.91. The zero-order chi connectivity index (χ0) is 19.6. The van der Waals surface area contributed by atoms with E-state index in [2.05, 4.69) is 20.5 Å². The molecule has 2 aliphatic heterocycles. The molecule has 1 saturated heterocycles. The molecule has 7 nitrogen and oxygen atoms in total. The van der Waals surface area contributed by atoms with Crippen molar-refractivity contribution in [2.45, 2.75) is 18.6 Å². The average Bonchev–Trinajstić information content (AvgIpc) is 2.95. The topological polar surface area (TPSA) is 77.0 Å². The van der Waals surface area contributed by atoms with E-state index in [1.807, 2.05) is 11.9 Å². The SMILES string of the molecule is CN1CCN(C2=N[C@H](CC(=O)Nc3cccc(C(F)(F)F)c3)C(=O)N2)CC1.